The summed E-state index contributed by atoms with van der Waals surface area (Å²) in [6.45, 7) is 1.26. The molecule has 130 valence electrons. The molecule has 1 aliphatic rings. The third-order valence-electron chi connectivity index (χ3n) is 4.27. The van der Waals surface area contributed by atoms with Crippen molar-refractivity contribution >= 4 is 11.9 Å². The topological polar surface area (TPSA) is 57.6 Å². The largest absolute Gasteiger partial charge is 0.478 e. The Morgan fingerprint density at radius 3 is 2.24 bits per heavy atom. The lowest BCUT2D eigenvalue weighted by Gasteiger charge is -2.17. The first-order valence-corrected chi connectivity index (χ1v) is 7.88. The first-order chi connectivity index (χ1) is 11.7. The molecular weight excluding hydrogens is 328 g/mol. The van der Waals surface area contributed by atoms with Gasteiger partial charge in [0.1, 0.15) is 0 Å². The number of alkyl halides is 2. The maximum atomic E-state index is 13.4. The molecule has 1 saturated heterocycles. The van der Waals surface area contributed by atoms with Gasteiger partial charge in [-0.25, -0.2) is 13.6 Å². The van der Waals surface area contributed by atoms with E-state index in [1.807, 2.05) is 31.2 Å². The fourth-order valence-corrected chi connectivity index (χ4v) is 2.88. The molecule has 0 spiro atoms. The fourth-order valence-electron chi connectivity index (χ4n) is 2.88. The molecule has 6 heteroatoms. The molecule has 1 fully saturated rings. The fraction of sp³-hybridized carbons (Fsp3) is 0.263. The Kier molecular flexibility index (Phi) is 4.29. The lowest BCUT2D eigenvalue weighted by Crippen LogP contribution is -2.31. The molecular formula is C19H17F2NO3. The lowest BCUT2D eigenvalue weighted by atomic mass is 9.98. The monoisotopic (exact) mass is 345 g/mol. The summed E-state index contributed by atoms with van der Waals surface area (Å²) in [7, 11) is 0. The van der Waals surface area contributed by atoms with Gasteiger partial charge in [-0.05, 0) is 36.2 Å². The van der Waals surface area contributed by atoms with Crippen LogP contribution in [0, 0.1) is 6.92 Å². The van der Waals surface area contributed by atoms with Gasteiger partial charge in [-0.1, -0.05) is 29.8 Å². The Labute approximate surface area is 143 Å². The summed E-state index contributed by atoms with van der Waals surface area (Å²) in [5.74, 6) is -4.64. The highest BCUT2D eigenvalue weighted by Crippen LogP contribution is 2.29. The van der Waals surface area contributed by atoms with Crippen LogP contribution in [0.25, 0.3) is 11.1 Å². The number of hydrogen-bond donors (Lipinski definition) is 1. The Morgan fingerprint density at radius 1 is 1.04 bits per heavy atom. The summed E-state index contributed by atoms with van der Waals surface area (Å²) in [4.78, 5) is 25.0. The molecule has 1 heterocycles. The standard InChI is InChI=1S/C19H17F2NO3/c1-12-2-4-13(5-3-12)14-8-15(10-16(9-14)18(24)25)17(23)22-7-6-19(20,21)11-22/h2-5,8-10H,6-7,11H2,1H3,(H,24,25). The average molecular weight is 345 g/mol. The lowest BCUT2D eigenvalue weighted by molar-refractivity contribution is 0.0120. The van der Waals surface area contributed by atoms with Gasteiger partial charge in [0.05, 0.1) is 12.1 Å². The number of aryl methyl sites for hydroxylation is 1. The molecule has 2 aromatic carbocycles. The number of carbonyl (C=O) groups is 2. The predicted octanol–water partition coefficient (Wildman–Crippen LogP) is 3.84. The van der Waals surface area contributed by atoms with E-state index < -0.39 is 24.3 Å². The molecule has 0 unspecified atom stereocenters. The average Bonchev–Trinajstić information content (AvgIpc) is 2.94. The molecule has 4 nitrogen and oxygen atoms in total. The molecule has 1 amide bonds. The van der Waals surface area contributed by atoms with E-state index in [-0.39, 0.29) is 24.1 Å². The minimum Gasteiger partial charge on any atom is -0.478 e. The van der Waals surface area contributed by atoms with Crippen LogP contribution in [-0.2, 0) is 0 Å². The van der Waals surface area contributed by atoms with Gasteiger partial charge < -0.3 is 10.0 Å². The van der Waals surface area contributed by atoms with E-state index >= 15 is 0 Å². The first-order valence-electron chi connectivity index (χ1n) is 7.88. The van der Waals surface area contributed by atoms with E-state index in [1.165, 1.54) is 12.1 Å². The van der Waals surface area contributed by atoms with E-state index in [2.05, 4.69) is 0 Å². The maximum absolute atomic E-state index is 13.4. The maximum Gasteiger partial charge on any atom is 0.335 e. The van der Waals surface area contributed by atoms with Crippen molar-refractivity contribution in [3.8, 4) is 11.1 Å². The molecule has 0 aliphatic carbocycles. The second-order valence-corrected chi connectivity index (χ2v) is 6.30. The third kappa shape index (κ3) is 3.68. The highest BCUT2D eigenvalue weighted by Gasteiger charge is 2.40. The third-order valence-corrected chi connectivity index (χ3v) is 4.27. The summed E-state index contributed by atoms with van der Waals surface area (Å²) in [5.41, 5.74) is 2.43. The van der Waals surface area contributed by atoms with E-state index in [0.717, 1.165) is 16.0 Å². The highest BCUT2D eigenvalue weighted by atomic mass is 19.3. The van der Waals surface area contributed by atoms with Gasteiger partial charge in [-0.2, -0.15) is 0 Å². The van der Waals surface area contributed by atoms with Crippen molar-refractivity contribution in [1.82, 2.24) is 4.90 Å². The summed E-state index contributed by atoms with van der Waals surface area (Å²) in [6.07, 6.45) is -0.373. The zero-order valence-electron chi connectivity index (χ0n) is 13.6. The van der Waals surface area contributed by atoms with Crippen LogP contribution in [0.2, 0.25) is 0 Å². The van der Waals surface area contributed by atoms with Crippen LogP contribution in [0.5, 0.6) is 0 Å². The van der Waals surface area contributed by atoms with Crippen LogP contribution in [0.1, 0.15) is 32.7 Å². The zero-order chi connectivity index (χ0) is 18.2. The number of nitrogens with zero attached hydrogens (tertiary/aromatic N) is 1. The summed E-state index contributed by atoms with van der Waals surface area (Å²) >= 11 is 0. The van der Waals surface area contributed by atoms with Crippen LogP contribution >= 0.6 is 0 Å². The number of carboxylic acid groups (broad SMARTS) is 1. The van der Waals surface area contributed by atoms with Crippen molar-refractivity contribution in [1.29, 1.82) is 0 Å². The number of halogens is 2. The Bertz CT molecular complexity index is 831. The normalized spacial score (nSPS) is 16.0. The van der Waals surface area contributed by atoms with E-state index in [4.69, 9.17) is 0 Å². The Balaban J connectivity index is 2.00. The number of aromatic carboxylic acids is 1. The van der Waals surface area contributed by atoms with Gasteiger partial charge in [-0.15, -0.1) is 0 Å². The van der Waals surface area contributed by atoms with Gasteiger partial charge in [0, 0.05) is 18.5 Å². The predicted molar refractivity (Wildman–Crippen MR) is 89.0 cm³/mol. The van der Waals surface area contributed by atoms with Crippen LogP contribution in [0.4, 0.5) is 8.78 Å². The Hall–Kier alpha value is -2.76. The molecule has 0 aromatic heterocycles. The highest BCUT2D eigenvalue weighted by molar-refractivity contribution is 5.99. The minimum atomic E-state index is -2.89. The number of amides is 1. The van der Waals surface area contributed by atoms with Gasteiger partial charge in [0.15, 0.2) is 0 Å². The summed E-state index contributed by atoms with van der Waals surface area (Å²) < 4.78 is 26.7. The SMILES string of the molecule is Cc1ccc(-c2cc(C(=O)O)cc(C(=O)N3CCC(F)(F)C3)c2)cc1. The van der Waals surface area contributed by atoms with Gasteiger partial charge >= 0.3 is 5.97 Å². The van der Waals surface area contributed by atoms with Gasteiger partial charge in [0.2, 0.25) is 0 Å². The van der Waals surface area contributed by atoms with E-state index in [0.29, 0.717) is 5.56 Å². The number of hydrogen-bond acceptors (Lipinski definition) is 2. The van der Waals surface area contributed by atoms with Crippen LogP contribution in [0.15, 0.2) is 42.5 Å². The molecule has 0 saturated carbocycles. The summed E-state index contributed by atoms with van der Waals surface area (Å²) in [6, 6.07) is 11.7. The number of carboxylic acids is 1. The Morgan fingerprint density at radius 2 is 1.68 bits per heavy atom. The van der Waals surface area contributed by atoms with E-state index in [1.54, 1.807) is 6.07 Å². The molecule has 3 rings (SSSR count). The molecule has 25 heavy (non-hydrogen) atoms. The van der Waals surface area contributed by atoms with Crippen molar-refractivity contribution in [2.24, 2.45) is 0 Å². The van der Waals surface area contributed by atoms with Crippen molar-refractivity contribution in [2.45, 2.75) is 19.3 Å². The molecule has 0 bridgehead atoms. The minimum absolute atomic E-state index is 0.0387. The summed E-state index contributed by atoms with van der Waals surface area (Å²) in [5, 5.41) is 9.31. The van der Waals surface area contributed by atoms with Crippen LogP contribution < -0.4 is 0 Å². The number of benzene rings is 2. The molecule has 0 atom stereocenters. The van der Waals surface area contributed by atoms with Crippen LogP contribution in [0.3, 0.4) is 0 Å². The van der Waals surface area contributed by atoms with Gasteiger partial charge in [0.25, 0.3) is 11.8 Å². The van der Waals surface area contributed by atoms with Crippen molar-refractivity contribution in [3.05, 3.63) is 59.2 Å². The van der Waals surface area contributed by atoms with Crippen molar-refractivity contribution < 1.29 is 23.5 Å². The quantitative estimate of drug-likeness (QED) is 0.919. The van der Waals surface area contributed by atoms with Crippen molar-refractivity contribution in [2.75, 3.05) is 13.1 Å². The molecule has 1 N–H and O–H groups in total. The number of likely N-dealkylation sites (tertiary alicyclic amines) is 1. The van der Waals surface area contributed by atoms with Gasteiger partial charge in [-0.3, -0.25) is 4.79 Å². The zero-order valence-corrected chi connectivity index (χ0v) is 13.6. The molecule has 2 aromatic rings. The molecule has 1 aliphatic heterocycles. The molecule has 0 radical (unpaired) electrons. The number of carbonyl (C=O) groups excluding carboxylic acids is 1. The van der Waals surface area contributed by atoms with Crippen molar-refractivity contribution in [3.63, 3.8) is 0 Å². The van der Waals surface area contributed by atoms with Crippen LogP contribution in [-0.4, -0.2) is 40.9 Å². The second kappa shape index (κ2) is 6.27. The smallest absolute Gasteiger partial charge is 0.335 e. The number of rotatable bonds is 3. The second-order valence-electron chi connectivity index (χ2n) is 6.30. The van der Waals surface area contributed by atoms with E-state index in [9.17, 15) is 23.5 Å². The first kappa shape index (κ1) is 17.1.